The molecular formula is C16H30N4O4. The Morgan fingerprint density at radius 3 is 1.17 bits per heavy atom. The van der Waals surface area contributed by atoms with Crippen LogP contribution in [0.5, 0.6) is 0 Å². The monoisotopic (exact) mass is 342 g/mol. The van der Waals surface area contributed by atoms with E-state index in [0.717, 1.165) is 0 Å². The van der Waals surface area contributed by atoms with Gasteiger partial charge < -0.3 is 19.8 Å². The lowest BCUT2D eigenvalue weighted by Crippen LogP contribution is -2.42. The molecule has 0 spiro atoms. The minimum Gasteiger partial charge on any atom is -0.543 e. The fourth-order valence-electron chi connectivity index (χ4n) is 2.48. The van der Waals surface area contributed by atoms with Gasteiger partial charge >= 0.3 is 0 Å². The minimum absolute atomic E-state index is 0.690. The summed E-state index contributed by atoms with van der Waals surface area (Å²) >= 11 is 0. The minimum atomic E-state index is -2.19. The topological polar surface area (TPSA) is 92.8 Å². The van der Waals surface area contributed by atoms with Gasteiger partial charge in [-0.25, -0.2) is 0 Å². The van der Waals surface area contributed by atoms with E-state index in [1.54, 1.807) is 0 Å². The van der Waals surface area contributed by atoms with E-state index in [1.165, 1.54) is 24.8 Å². The maximum absolute atomic E-state index is 8.93. The van der Waals surface area contributed by atoms with Gasteiger partial charge in [0.05, 0.1) is 40.1 Å². The van der Waals surface area contributed by atoms with E-state index >= 15 is 0 Å². The van der Waals surface area contributed by atoms with Gasteiger partial charge in [0.2, 0.25) is 11.7 Å². The third kappa shape index (κ3) is 6.17. The molecule has 2 unspecified atom stereocenters. The van der Waals surface area contributed by atoms with E-state index < -0.39 is 11.9 Å². The number of carbonyl (C=O) groups is 2. The molecule has 0 aromatic rings. The van der Waals surface area contributed by atoms with Crippen LogP contribution < -0.4 is 10.2 Å². The largest absolute Gasteiger partial charge is 0.543 e. The molecule has 0 N–H and O–H groups in total. The maximum Gasteiger partial charge on any atom is 0.243 e. The highest BCUT2D eigenvalue weighted by atomic mass is 16.4. The Hall–Kier alpha value is -2.12. The van der Waals surface area contributed by atoms with Crippen molar-refractivity contribution in [2.75, 3.05) is 41.3 Å². The van der Waals surface area contributed by atoms with E-state index in [0.29, 0.717) is 12.1 Å². The van der Waals surface area contributed by atoms with Gasteiger partial charge in [-0.3, -0.25) is 19.0 Å². The van der Waals surface area contributed by atoms with Crippen molar-refractivity contribution in [1.82, 2.24) is 9.80 Å². The third-order valence-electron chi connectivity index (χ3n) is 4.69. The summed E-state index contributed by atoms with van der Waals surface area (Å²) in [5.41, 5.74) is 0. The van der Waals surface area contributed by atoms with Crippen molar-refractivity contribution in [3.05, 3.63) is 0 Å². The fraction of sp³-hybridized carbons (Fsp3) is 0.750. The molecule has 24 heavy (non-hydrogen) atoms. The van der Waals surface area contributed by atoms with Crippen LogP contribution in [0.4, 0.5) is 0 Å². The molecule has 0 bridgehead atoms. The first kappa shape index (κ1) is 21.9. The number of carboxylic acid groups (broad SMARTS) is 2. The van der Waals surface area contributed by atoms with Gasteiger partial charge in [-0.2, -0.15) is 0 Å². The standard InChI is InChI=1S/2C7H15N2.C2H2O4/c2*1-6-5-8(3)7(2)9(6)4;3-1(4)2(5)6/h2*6H,5H2,1-4H3;(H,3,4)(H,5,6)/q2*+1;/p-2. The van der Waals surface area contributed by atoms with Crippen LogP contribution in [0.3, 0.4) is 0 Å². The van der Waals surface area contributed by atoms with Crippen LogP contribution in [0, 0.1) is 0 Å². The summed E-state index contributed by atoms with van der Waals surface area (Å²) in [6, 6.07) is 1.38. The quantitative estimate of drug-likeness (QED) is 0.350. The highest BCUT2D eigenvalue weighted by Gasteiger charge is 2.28. The van der Waals surface area contributed by atoms with Crippen LogP contribution in [0.25, 0.3) is 0 Å². The molecule has 0 saturated heterocycles. The molecule has 2 aliphatic rings. The SMILES string of the molecule is CC1=[N+](C)CC(C)N1C.CC1=[N+](C)CC(C)N1C.O=C([O-])C(=O)[O-]. The number of aliphatic carboxylic acids is 2. The molecule has 0 radical (unpaired) electrons. The number of carbonyl (C=O) groups excluding carboxylic acids is 2. The molecule has 0 aromatic heterocycles. The summed E-state index contributed by atoms with van der Waals surface area (Å²) < 4.78 is 4.56. The van der Waals surface area contributed by atoms with E-state index in [4.69, 9.17) is 19.8 Å². The van der Waals surface area contributed by atoms with E-state index in [9.17, 15) is 0 Å². The maximum atomic E-state index is 8.93. The first-order chi connectivity index (χ1) is 10.9. The normalized spacial score (nSPS) is 22.8. The Labute approximate surface area is 144 Å². The molecule has 2 rings (SSSR count). The predicted octanol–water partition coefficient (Wildman–Crippen LogP) is -2.75. The molecular weight excluding hydrogens is 312 g/mol. The zero-order valence-electron chi connectivity index (χ0n) is 16.0. The zero-order valence-corrected chi connectivity index (χ0v) is 16.0. The van der Waals surface area contributed by atoms with E-state index in [1.807, 2.05) is 0 Å². The summed E-state index contributed by atoms with van der Waals surface area (Å²) in [4.78, 5) is 22.5. The second kappa shape index (κ2) is 9.24. The molecule has 0 saturated carbocycles. The Morgan fingerprint density at radius 1 is 0.875 bits per heavy atom. The van der Waals surface area contributed by atoms with Crippen LogP contribution in [0.15, 0.2) is 0 Å². The lowest BCUT2D eigenvalue weighted by molar-refractivity contribution is -0.490. The van der Waals surface area contributed by atoms with Crippen molar-refractivity contribution in [3.8, 4) is 0 Å². The Balaban J connectivity index is 0.000000340. The summed E-state index contributed by atoms with van der Waals surface area (Å²) in [6.07, 6.45) is 0. The molecule has 2 aliphatic heterocycles. The van der Waals surface area contributed by atoms with Crippen molar-refractivity contribution in [1.29, 1.82) is 0 Å². The Bertz CT molecular complexity index is 494. The Kier molecular flexibility index (Phi) is 8.43. The second-order valence-electron chi connectivity index (χ2n) is 6.35. The summed E-state index contributed by atoms with van der Waals surface area (Å²) in [6.45, 7) is 11.1. The van der Waals surface area contributed by atoms with Gasteiger partial charge in [0.25, 0.3) is 0 Å². The Morgan fingerprint density at radius 2 is 1.12 bits per heavy atom. The first-order valence-corrected chi connectivity index (χ1v) is 7.87. The molecule has 2 atom stereocenters. The average molecular weight is 342 g/mol. The lowest BCUT2D eigenvalue weighted by atomic mass is 10.3. The van der Waals surface area contributed by atoms with Crippen LogP contribution in [-0.2, 0) is 9.59 Å². The third-order valence-corrected chi connectivity index (χ3v) is 4.69. The number of amidine groups is 2. The smallest absolute Gasteiger partial charge is 0.243 e. The number of likely N-dealkylation sites (N-methyl/N-ethyl adjacent to an activating group) is 4. The van der Waals surface area contributed by atoms with Crippen molar-refractivity contribution >= 4 is 23.6 Å². The van der Waals surface area contributed by atoms with Gasteiger partial charge in [0.15, 0.2) is 0 Å². The number of hydrogen-bond acceptors (Lipinski definition) is 6. The van der Waals surface area contributed by atoms with Crippen LogP contribution in [0.2, 0.25) is 0 Å². The molecule has 0 amide bonds. The average Bonchev–Trinajstić information content (AvgIpc) is 2.85. The van der Waals surface area contributed by atoms with Crippen LogP contribution in [0.1, 0.15) is 27.7 Å². The lowest BCUT2D eigenvalue weighted by Gasteiger charge is -2.07. The molecule has 0 aliphatic carbocycles. The van der Waals surface area contributed by atoms with Crippen molar-refractivity contribution in [2.24, 2.45) is 0 Å². The molecule has 8 heteroatoms. The molecule has 2 heterocycles. The van der Waals surface area contributed by atoms with Gasteiger partial charge in [-0.1, -0.05) is 0 Å². The molecule has 138 valence electrons. The first-order valence-electron chi connectivity index (χ1n) is 7.87. The number of rotatable bonds is 0. The van der Waals surface area contributed by atoms with Crippen molar-refractivity contribution in [3.63, 3.8) is 0 Å². The van der Waals surface area contributed by atoms with Crippen molar-refractivity contribution in [2.45, 2.75) is 39.8 Å². The van der Waals surface area contributed by atoms with Gasteiger partial charge in [0, 0.05) is 13.8 Å². The van der Waals surface area contributed by atoms with Gasteiger partial charge in [-0.05, 0) is 13.8 Å². The van der Waals surface area contributed by atoms with E-state index in [2.05, 4.69) is 74.8 Å². The van der Waals surface area contributed by atoms with Gasteiger partial charge in [-0.15, -0.1) is 0 Å². The number of carboxylic acids is 2. The summed E-state index contributed by atoms with van der Waals surface area (Å²) in [7, 11) is 8.55. The predicted molar refractivity (Wildman–Crippen MR) is 87.9 cm³/mol. The number of nitrogens with zero attached hydrogens (tertiary/aromatic N) is 4. The molecule has 0 aromatic carbocycles. The fourth-order valence-corrected chi connectivity index (χ4v) is 2.48. The summed E-state index contributed by atoms with van der Waals surface area (Å²) in [5.74, 6) is -1.62. The summed E-state index contributed by atoms with van der Waals surface area (Å²) in [5, 5.41) is 17.9. The highest BCUT2D eigenvalue weighted by molar-refractivity contribution is 6.25. The number of hydrogen-bond donors (Lipinski definition) is 0. The van der Waals surface area contributed by atoms with Crippen LogP contribution >= 0.6 is 0 Å². The zero-order chi connectivity index (χ0) is 19.2. The van der Waals surface area contributed by atoms with Gasteiger partial charge in [0.1, 0.15) is 25.2 Å². The highest BCUT2D eigenvalue weighted by Crippen LogP contribution is 2.04. The second-order valence-corrected chi connectivity index (χ2v) is 6.35. The van der Waals surface area contributed by atoms with E-state index in [-0.39, 0.29) is 0 Å². The molecule has 8 nitrogen and oxygen atoms in total. The van der Waals surface area contributed by atoms with Crippen molar-refractivity contribution < 1.29 is 29.0 Å². The molecule has 0 fully saturated rings. The van der Waals surface area contributed by atoms with Crippen LogP contribution in [-0.4, -0.2) is 95.9 Å².